The van der Waals surface area contributed by atoms with E-state index in [0.29, 0.717) is 23.2 Å². The molecule has 0 aromatic carbocycles. The SMILES string of the molecule is CC1(C)O[C@@H]2[C@H](O1)[C@@H](CO)O[C@H]2Nc1nc(Cl)nc(NC2CCCC2)c1C=N. The lowest BCUT2D eigenvalue weighted by Crippen LogP contribution is -2.36. The van der Waals surface area contributed by atoms with E-state index in [9.17, 15) is 5.11 Å². The zero-order chi connectivity index (χ0) is 19.9. The van der Waals surface area contributed by atoms with Crippen LogP contribution in [0.4, 0.5) is 11.6 Å². The molecule has 1 saturated carbocycles. The molecule has 9 nitrogen and oxygen atoms in total. The number of aliphatic hydroxyl groups excluding tert-OH is 1. The molecule has 4 rings (SSSR count). The number of halogens is 1. The Kier molecular flexibility index (Phi) is 5.45. The van der Waals surface area contributed by atoms with Crippen LogP contribution in [0.1, 0.15) is 45.1 Å². The molecule has 1 aromatic heterocycles. The monoisotopic (exact) mass is 411 g/mol. The van der Waals surface area contributed by atoms with Gasteiger partial charge in [0.25, 0.3) is 0 Å². The second-order valence-electron chi connectivity index (χ2n) is 7.86. The molecule has 1 aromatic rings. The Hall–Kier alpha value is -1.52. The van der Waals surface area contributed by atoms with Gasteiger partial charge in [0, 0.05) is 12.3 Å². The van der Waals surface area contributed by atoms with Gasteiger partial charge in [-0.1, -0.05) is 12.8 Å². The molecule has 0 spiro atoms. The number of hydrogen-bond acceptors (Lipinski definition) is 9. The highest BCUT2D eigenvalue weighted by molar-refractivity contribution is 6.28. The second-order valence-corrected chi connectivity index (χ2v) is 8.20. The molecule has 3 aliphatic rings. The van der Waals surface area contributed by atoms with E-state index < -0.39 is 30.3 Å². The minimum absolute atomic E-state index is 0.0748. The van der Waals surface area contributed by atoms with Crippen LogP contribution in [0.25, 0.3) is 0 Å². The lowest BCUT2D eigenvalue weighted by molar-refractivity contribution is -0.187. The average molecular weight is 412 g/mol. The number of aliphatic hydroxyl groups is 1. The molecule has 1 aliphatic carbocycles. The van der Waals surface area contributed by atoms with E-state index in [0.717, 1.165) is 12.8 Å². The van der Waals surface area contributed by atoms with Gasteiger partial charge in [-0.3, -0.25) is 0 Å². The number of aromatic nitrogens is 2. The van der Waals surface area contributed by atoms with Gasteiger partial charge in [-0.15, -0.1) is 0 Å². The lowest BCUT2D eigenvalue weighted by Gasteiger charge is -2.25. The first-order valence-corrected chi connectivity index (χ1v) is 10.0. The van der Waals surface area contributed by atoms with Gasteiger partial charge in [-0.2, -0.15) is 9.97 Å². The third kappa shape index (κ3) is 3.81. The van der Waals surface area contributed by atoms with Crippen molar-refractivity contribution < 1.29 is 19.3 Å². The number of nitrogens with zero attached hydrogens (tertiary/aromatic N) is 2. The maximum atomic E-state index is 9.63. The summed E-state index contributed by atoms with van der Waals surface area (Å²) in [5.74, 6) is 0.141. The number of fused-ring (bicyclic) bond motifs is 1. The first-order chi connectivity index (χ1) is 13.4. The van der Waals surface area contributed by atoms with E-state index >= 15 is 0 Å². The van der Waals surface area contributed by atoms with Crippen molar-refractivity contribution in [2.75, 3.05) is 17.2 Å². The molecule has 2 saturated heterocycles. The van der Waals surface area contributed by atoms with E-state index in [4.69, 9.17) is 31.2 Å². The minimum Gasteiger partial charge on any atom is -0.394 e. The van der Waals surface area contributed by atoms with Crippen LogP contribution in [0.5, 0.6) is 0 Å². The van der Waals surface area contributed by atoms with Crippen LogP contribution in [0.2, 0.25) is 5.28 Å². The summed E-state index contributed by atoms with van der Waals surface area (Å²) in [6, 6.07) is 0.316. The fourth-order valence-electron chi connectivity index (χ4n) is 4.14. The fraction of sp³-hybridized carbons (Fsp3) is 0.722. The van der Waals surface area contributed by atoms with Crippen molar-refractivity contribution in [1.82, 2.24) is 9.97 Å². The molecule has 0 radical (unpaired) electrons. The molecule has 4 atom stereocenters. The topological polar surface area (TPSA) is 122 Å². The number of nitrogens with one attached hydrogen (secondary N) is 3. The van der Waals surface area contributed by atoms with Gasteiger partial charge in [0.05, 0.1) is 12.2 Å². The first kappa shape index (κ1) is 19.8. The molecule has 0 amide bonds. The van der Waals surface area contributed by atoms with E-state index in [-0.39, 0.29) is 11.9 Å². The van der Waals surface area contributed by atoms with Crippen molar-refractivity contribution in [3.8, 4) is 0 Å². The van der Waals surface area contributed by atoms with E-state index in [1.807, 2.05) is 13.8 Å². The Morgan fingerprint density at radius 1 is 1.18 bits per heavy atom. The van der Waals surface area contributed by atoms with Crippen LogP contribution < -0.4 is 10.6 Å². The Morgan fingerprint density at radius 3 is 2.46 bits per heavy atom. The molecule has 3 fully saturated rings. The highest BCUT2D eigenvalue weighted by atomic mass is 35.5. The standard InChI is InChI=1S/C18H26ClN5O4/c1-18(2)27-12-11(8-25)26-16(13(12)28-18)22-15-10(7-20)14(23-17(19)24-15)21-9-5-3-4-6-9/h7,9,11-13,16,20,25H,3-6,8H2,1-2H3,(H2,21,22,23,24)/t11-,12-,13-,16-/m1/s1. The van der Waals surface area contributed by atoms with Gasteiger partial charge in [-0.05, 0) is 38.3 Å². The Morgan fingerprint density at radius 2 is 1.82 bits per heavy atom. The van der Waals surface area contributed by atoms with E-state index in [1.165, 1.54) is 19.1 Å². The van der Waals surface area contributed by atoms with Crippen molar-refractivity contribution in [2.24, 2.45) is 0 Å². The van der Waals surface area contributed by atoms with E-state index in [2.05, 4.69) is 20.6 Å². The van der Waals surface area contributed by atoms with Crippen molar-refractivity contribution in [3.05, 3.63) is 10.8 Å². The van der Waals surface area contributed by atoms with Gasteiger partial charge in [-0.25, -0.2) is 0 Å². The van der Waals surface area contributed by atoms with Crippen molar-refractivity contribution in [2.45, 2.75) is 75.9 Å². The van der Waals surface area contributed by atoms with Crippen LogP contribution in [0.3, 0.4) is 0 Å². The summed E-state index contributed by atoms with van der Waals surface area (Å²) in [7, 11) is 0. The van der Waals surface area contributed by atoms with Gasteiger partial charge < -0.3 is 35.4 Å². The summed E-state index contributed by atoms with van der Waals surface area (Å²) >= 11 is 6.15. The van der Waals surface area contributed by atoms with Gasteiger partial charge in [0.15, 0.2) is 12.0 Å². The maximum absolute atomic E-state index is 9.63. The molecular weight excluding hydrogens is 386 g/mol. The molecule has 0 bridgehead atoms. The summed E-state index contributed by atoms with van der Waals surface area (Å²) in [5, 5.41) is 24.1. The largest absolute Gasteiger partial charge is 0.394 e. The van der Waals surface area contributed by atoms with E-state index in [1.54, 1.807) is 0 Å². The number of hydrogen-bond donors (Lipinski definition) is 4. The summed E-state index contributed by atoms with van der Waals surface area (Å²) in [4.78, 5) is 8.54. The highest BCUT2D eigenvalue weighted by Crippen LogP contribution is 2.39. The fourth-order valence-corrected chi connectivity index (χ4v) is 4.31. The summed E-state index contributed by atoms with van der Waals surface area (Å²) < 4.78 is 17.7. The summed E-state index contributed by atoms with van der Waals surface area (Å²) in [5.41, 5.74) is 0.502. The number of anilines is 2. The third-order valence-corrected chi connectivity index (χ3v) is 5.54. The Labute approximate surface area is 168 Å². The molecule has 4 N–H and O–H groups in total. The molecule has 2 aliphatic heterocycles. The zero-order valence-electron chi connectivity index (χ0n) is 15.9. The van der Waals surface area contributed by atoms with Crippen molar-refractivity contribution in [3.63, 3.8) is 0 Å². The Balaban J connectivity index is 1.58. The van der Waals surface area contributed by atoms with Gasteiger partial charge in [0.1, 0.15) is 29.9 Å². The van der Waals surface area contributed by atoms with Gasteiger partial charge >= 0.3 is 0 Å². The summed E-state index contributed by atoms with van der Waals surface area (Å²) in [6.07, 6.45) is 3.74. The van der Waals surface area contributed by atoms with Crippen molar-refractivity contribution >= 4 is 29.5 Å². The molecule has 28 heavy (non-hydrogen) atoms. The van der Waals surface area contributed by atoms with Crippen molar-refractivity contribution in [1.29, 1.82) is 5.41 Å². The predicted molar refractivity (Wildman–Crippen MR) is 104 cm³/mol. The first-order valence-electron chi connectivity index (χ1n) is 9.63. The molecule has 0 unspecified atom stereocenters. The van der Waals surface area contributed by atoms with Crippen LogP contribution in [0, 0.1) is 5.41 Å². The predicted octanol–water partition coefficient (Wildman–Crippen LogP) is 2.13. The van der Waals surface area contributed by atoms with Crippen LogP contribution in [-0.2, 0) is 14.2 Å². The molecule has 3 heterocycles. The average Bonchev–Trinajstić information content (AvgIpc) is 3.31. The second kappa shape index (κ2) is 7.72. The van der Waals surface area contributed by atoms with Crippen LogP contribution >= 0.6 is 11.6 Å². The lowest BCUT2D eigenvalue weighted by atomic mass is 10.1. The number of rotatable bonds is 6. The third-order valence-electron chi connectivity index (χ3n) is 5.37. The molecule has 154 valence electrons. The molecular formula is C18H26ClN5O4. The Bertz CT molecular complexity index is 743. The van der Waals surface area contributed by atoms with Gasteiger partial charge in [0.2, 0.25) is 5.28 Å². The minimum atomic E-state index is -0.769. The smallest absolute Gasteiger partial charge is 0.226 e. The highest BCUT2D eigenvalue weighted by Gasteiger charge is 2.55. The zero-order valence-corrected chi connectivity index (χ0v) is 16.7. The normalized spacial score (nSPS) is 31.7. The van der Waals surface area contributed by atoms with Crippen LogP contribution in [0.15, 0.2) is 0 Å². The molecule has 10 heteroatoms. The maximum Gasteiger partial charge on any atom is 0.226 e. The quantitative estimate of drug-likeness (QED) is 0.415. The van der Waals surface area contributed by atoms with Crippen LogP contribution in [-0.4, -0.2) is 64.3 Å². The number of ether oxygens (including phenoxy) is 3. The summed E-state index contributed by atoms with van der Waals surface area (Å²) in [6.45, 7) is 3.46.